The van der Waals surface area contributed by atoms with Crippen molar-refractivity contribution in [2.45, 2.75) is 0 Å². The van der Waals surface area contributed by atoms with Crippen molar-refractivity contribution in [3.63, 3.8) is 0 Å². The molecule has 4 heteroatoms. The molecule has 0 atom stereocenters. The van der Waals surface area contributed by atoms with E-state index in [1.54, 1.807) is 36.4 Å². The van der Waals surface area contributed by atoms with E-state index >= 15 is 0 Å². The summed E-state index contributed by atoms with van der Waals surface area (Å²) in [6.45, 7) is -0.250. The maximum Gasteiger partial charge on any atom is 0.290 e. The van der Waals surface area contributed by atoms with Crippen molar-refractivity contribution >= 4 is 17.2 Å². The summed E-state index contributed by atoms with van der Waals surface area (Å²) in [5, 5.41) is 27.0. The molecular formula is C11H10O4. The fourth-order valence-corrected chi connectivity index (χ4v) is 1.22. The molecule has 0 radical (unpaired) electrons. The highest BCUT2D eigenvalue weighted by Gasteiger charge is 1.95. The van der Waals surface area contributed by atoms with Gasteiger partial charge in [0.25, 0.3) is 6.47 Å². The van der Waals surface area contributed by atoms with Crippen LogP contribution in [0.25, 0.3) is 10.8 Å². The standard InChI is InChI=1S/C10H8O2.CH2O2/c11-9-3-1-7-5-10(12)4-2-8(7)6-9;2-1-3/h1-6,11-12H;1H,(H,2,3). The molecule has 0 bridgehead atoms. The molecule has 3 N–H and O–H groups in total. The molecule has 0 saturated carbocycles. The van der Waals surface area contributed by atoms with E-state index in [9.17, 15) is 0 Å². The van der Waals surface area contributed by atoms with Crippen molar-refractivity contribution < 1.29 is 20.1 Å². The van der Waals surface area contributed by atoms with Gasteiger partial charge in [0, 0.05) is 0 Å². The Bertz CT molecular complexity index is 424. The smallest absolute Gasteiger partial charge is 0.290 e. The lowest BCUT2D eigenvalue weighted by atomic mass is 10.1. The van der Waals surface area contributed by atoms with Crippen LogP contribution in [0.4, 0.5) is 0 Å². The number of carboxylic acid groups (broad SMARTS) is 1. The third-order valence-corrected chi connectivity index (χ3v) is 1.81. The second-order valence-electron chi connectivity index (χ2n) is 2.82. The summed E-state index contributed by atoms with van der Waals surface area (Å²) in [5.41, 5.74) is 0. The highest BCUT2D eigenvalue weighted by molar-refractivity contribution is 5.84. The summed E-state index contributed by atoms with van der Waals surface area (Å²) in [7, 11) is 0. The van der Waals surface area contributed by atoms with Gasteiger partial charge in [-0.3, -0.25) is 4.79 Å². The molecule has 0 spiro atoms. The maximum atomic E-state index is 9.14. The number of aromatic hydroxyl groups is 2. The van der Waals surface area contributed by atoms with Crippen LogP contribution in [0, 0.1) is 0 Å². The molecule has 15 heavy (non-hydrogen) atoms. The number of hydrogen-bond acceptors (Lipinski definition) is 3. The quantitative estimate of drug-likeness (QED) is 0.576. The van der Waals surface area contributed by atoms with Crippen molar-refractivity contribution in [1.82, 2.24) is 0 Å². The van der Waals surface area contributed by atoms with E-state index < -0.39 is 0 Å². The maximum absolute atomic E-state index is 9.14. The minimum absolute atomic E-state index is 0.244. The van der Waals surface area contributed by atoms with Gasteiger partial charge >= 0.3 is 0 Å². The minimum atomic E-state index is -0.250. The van der Waals surface area contributed by atoms with Crippen LogP contribution in [0.2, 0.25) is 0 Å². The van der Waals surface area contributed by atoms with Crippen LogP contribution in [0.1, 0.15) is 0 Å². The van der Waals surface area contributed by atoms with Crippen LogP contribution in [-0.2, 0) is 4.79 Å². The minimum Gasteiger partial charge on any atom is -0.508 e. The Hall–Kier alpha value is -2.23. The molecule has 2 aromatic carbocycles. The summed E-state index contributed by atoms with van der Waals surface area (Å²) in [6, 6.07) is 10.1. The predicted molar refractivity (Wildman–Crippen MR) is 56.0 cm³/mol. The van der Waals surface area contributed by atoms with E-state index in [0.717, 1.165) is 10.8 Å². The van der Waals surface area contributed by atoms with E-state index in [0.29, 0.717) is 0 Å². The monoisotopic (exact) mass is 206 g/mol. The summed E-state index contributed by atoms with van der Waals surface area (Å²) in [6.07, 6.45) is 0. The molecule has 2 rings (SSSR count). The number of phenolic OH excluding ortho intramolecular Hbond substituents is 2. The van der Waals surface area contributed by atoms with Gasteiger partial charge < -0.3 is 15.3 Å². The van der Waals surface area contributed by atoms with Gasteiger partial charge in [-0.25, -0.2) is 0 Å². The average Bonchev–Trinajstić information content (AvgIpc) is 2.20. The van der Waals surface area contributed by atoms with Crippen molar-refractivity contribution in [2.75, 3.05) is 0 Å². The highest BCUT2D eigenvalue weighted by atomic mass is 16.3. The highest BCUT2D eigenvalue weighted by Crippen LogP contribution is 2.23. The van der Waals surface area contributed by atoms with Crippen molar-refractivity contribution in [3.05, 3.63) is 36.4 Å². The van der Waals surface area contributed by atoms with Crippen molar-refractivity contribution in [2.24, 2.45) is 0 Å². The van der Waals surface area contributed by atoms with Gasteiger partial charge in [-0.15, -0.1) is 0 Å². The molecule has 0 heterocycles. The zero-order chi connectivity index (χ0) is 11.3. The first-order valence-electron chi connectivity index (χ1n) is 4.17. The van der Waals surface area contributed by atoms with Crippen LogP contribution in [0.15, 0.2) is 36.4 Å². The molecule has 0 amide bonds. The zero-order valence-electron chi connectivity index (χ0n) is 7.79. The van der Waals surface area contributed by atoms with Gasteiger partial charge in [0.05, 0.1) is 0 Å². The lowest BCUT2D eigenvalue weighted by Crippen LogP contribution is -1.71. The Kier molecular flexibility index (Phi) is 3.51. The van der Waals surface area contributed by atoms with Gasteiger partial charge in [0.2, 0.25) is 0 Å². The molecular weight excluding hydrogens is 196 g/mol. The number of fused-ring (bicyclic) bond motifs is 1. The van der Waals surface area contributed by atoms with Crippen LogP contribution in [-0.4, -0.2) is 21.8 Å². The first kappa shape index (κ1) is 10.8. The first-order chi connectivity index (χ1) is 7.17. The number of phenols is 2. The molecule has 2 aromatic rings. The molecule has 0 unspecified atom stereocenters. The third-order valence-electron chi connectivity index (χ3n) is 1.81. The van der Waals surface area contributed by atoms with E-state index in [1.807, 2.05) is 0 Å². The SMILES string of the molecule is O=CO.Oc1ccc2cc(O)ccc2c1. The number of benzene rings is 2. The molecule has 0 aliphatic carbocycles. The average molecular weight is 206 g/mol. The zero-order valence-corrected chi connectivity index (χ0v) is 7.79. The number of rotatable bonds is 0. The molecule has 0 aliphatic heterocycles. The van der Waals surface area contributed by atoms with Crippen LogP contribution >= 0.6 is 0 Å². The molecule has 0 aliphatic rings. The van der Waals surface area contributed by atoms with E-state index in [-0.39, 0.29) is 18.0 Å². The fourth-order valence-electron chi connectivity index (χ4n) is 1.22. The van der Waals surface area contributed by atoms with Gasteiger partial charge in [-0.05, 0) is 35.0 Å². The summed E-state index contributed by atoms with van der Waals surface area (Å²) in [4.78, 5) is 8.36. The molecule has 0 aromatic heterocycles. The second kappa shape index (κ2) is 4.85. The third kappa shape index (κ3) is 2.87. The fraction of sp³-hybridized carbons (Fsp3) is 0. The van der Waals surface area contributed by atoms with Crippen molar-refractivity contribution in [1.29, 1.82) is 0 Å². The number of carbonyl (C=O) groups is 1. The molecule has 0 fully saturated rings. The van der Waals surface area contributed by atoms with Crippen molar-refractivity contribution in [3.8, 4) is 11.5 Å². The number of hydrogen-bond donors (Lipinski definition) is 3. The summed E-state index contributed by atoms with van der Waals surface area (Å²) < 4.78 is 0. The van der Waals surface area contributed by atoms with Gasteiger partial charge in [-0.1, -0.05) is 12.1 Å². The largest absolute Gasteiger partial charge is 0.508 e. The Morgan fingerprint density at radius 3 is 1.53 bits per heavy atom. The van der Waals surface area contributed by atoms with E-state index in [1.165, 1.54) is 0 Å². The van der Waals surface area contributed by atoms with Crippen LogP contribution < -0.4 is 0 Å². The summed E-state index contributed by atoms with van der Waals surface area (Å²) in [5.74, 6) is 0.487. The normalized spacial score (nSPS) is 9.07. The lowest BCUT2D eigenvalue weighted by Gasteiger charge is -1.98. The van der Waals surface area contributed by atoms with Gasteiger partial charge in [0.1, 0.15) is 11.5 Å². The van der Waals surface area contributed by atoms with E-state index in [2.05, 4.69) is 0 Å². The van der Waals surface area contributed by atoms with E-state index in [4.69, 9.17) is 20.1 Å². The molecule has 78 valence electrons. The first-order valence-corrected chi connectivity index (χ1v) is 4.17. The topological polar surface area (TPSA) is 77.8 Å². The molecule has 0 saturated heterocycles. The summed E-state index contributed by atoms with van der Waals surface area (Å²) >= 11 is 0. The Labute approximate surface area is 86.0 Å². The van der Waals surface area contributed by atoms with Gasteiger partial charge in [0.15, 0.2) is 0 Å². The predicted octanol–water partition coefficient (Wildman–Crippen LogP) is 1.95. The van der Waals surface area contributed by atoms with Gasteiger partial charge in [-0.2, -0.15) is 0 Å². The lowest BCUT2D eigenvalue weighted by molar-refractivity contribution is -0.122. The second-order valence-corrected chi connectivity index (χ2v) is 2.82. The Morgan fingerprint density at radius 1 is 0.867 bits per heavy atom. The molecule has 4 nitrogen and oxygen atoms in total. The van der Waals surface area contributed by atoms with Crippen LogP contribution in [0.5, 0.6) is 11.5 Å². The Balaban J connectivity index is 0.000000337. The Morgan fingerprint density at radius 2 is 1.20 bits per heavy atom. The van der Waals surface area contributed by atoms with Crippen LogP contribution in [0.3, 0.4) is 0 Å².